The summed E-state index contributed by atoms with van der Waals surface area (Å²) in [4.78, 5) is 26.8. The SMILES string of the molecule is CC1(c2ccc(F)cc2)C(=O)Nc2nc(-c3nc(Cc4cccc(F)c4F)n4ccccc34)nc(N)c21. The van der Waals surface area contributed by atoms with Crippen molar-refractivity contribution in [3.63, 3.8) is 0 Å². The number of fused-ring (bicyclic) bond motifs is 2. The molecule has 1 atom stereocenters. The number of nitrogen functional groups attached to an aromatic ring is 1. The number of amides is 1. The van der Waals surface area contributed by atoms with E-state index in [1.807, 2.05) is 0 Å². The maximum absolute atomic E-state index is 14.4. The van der Waals surface area contributed by atoms with Gasteiger partial charge in [-0.05, 0) is 48.4 Å². The third kappa shape index (κ3) is 3.44. The number of hydrogen-bond donors (Lipinski definition) is 2. The van der Waals surface area contributed by atoms with E-state index in [-0.39, 0.29) is 35.4 Å². The van der Waals surface area contributed by atoms with Gasteiger partial charge in [-0.1, -0.05) is 30.3 Å². The summed E-state index contributed by atoms with van der Waals surface area (Å²) in [7, 11) is 0. The Hall–Kier alpha value is -4.73. The van der Waals surface area contributed by atoms with Crippen molar-refractivity contribution in [3.05, 3.63) is 107 Å². The Bertz CT molecular complexity index is 1720. The molecular formula is C27H19F3N6O. The molecule has 1 unspecified atom stereocenters. The number of halogens is 3. The number of anilines is 2. The van der Waals surface area contributed by atoms with Crippen LogP contribution in [0.2, 0.25) is 0 Å². The summed E-state index contributed by atoms with van der Waals surface area (Å²) in [5.41, 5.74) is 7.24. The Morgan fingerprint density at radius 1 is 0.973 bits per heavy atom. The molecule has 1 aliphatic heterocycles. The van der Waals surface area contributed by atoms with Crippen molar-refractivity contribution in [2.45, 2.75) is 18.8 Å². The van der Waals surface area contributed by atoms with Crippen LogP contribution in [0.1, 0.15) is 29.4 Å². The van der Waals surface area contributed by atoms with Gasteiger partial charge in [0.2, 0.25) is 5.91 Å². The Kier molecular flexibility index (Phi) is 5.01. The first-order valence-corrected chi connectivity index (χ1v) is 11.4. The molecule has 37 heavy (non-hydrogen) atoms. The molecule has 0 aliphatic carbocycles. The minimum absolute atomic E-state index is 0.0224. The Morgan fingerprint density at radius 2 is 1.76 bits per heavy atom. The average Bonchev–Trinajstić information content (AvgIpc) is 3.37. The fourth-order valence-corrected chi connectivity index (χ4v) is 4.82. The summed E-state index contributed by atoms with van der Waals surface area (Å²) >= 11 is 0. The maximum atomic E-state index is 14.4. The van der Waals surface area contributed by atoms with Crippen LogP contribution in [-0.4, -0.2) is 25.3 Å². The van der Waals surface area contributed by atoms with Crippen LogP contribution in [0.3, 0.4) is 0 Å². The van der Waals surface area contributed by atoms with Crippen LogP contribution < -0.4 is 11.1 Å². The van der Waals surface area contributed by atoms with Gasteiger partial charge in [-0.3, -0.25) is 4.79 Å². The molecule has 3 aromatic heterocycles. The van der Waals surface area contributed by atoms with Crippen molar-refractivity contribution in [2.75, 3.05) is 11.1 Å². The van der Waals surface area contributed by atoms with E-state index in [2.05, 4.69) is 20.3 Å². The van der Waals surface area contributed by atoms with Crippen LogP contribution in [0.4, 0.5) is 24.8 Å². The molecule has 0 saturated heterocycles. The molecule has 0 fully saturated rings. The van der Waals surface area contributed by atoms with E-state index in [1.165, 1.54) is 36.4 Å². The monoisotopic (exact) mass is 500 g/mol. The van der Waals surface area contributed by atoms with Crippen molar-refractivity contribution in [1.29, 1.82) is 0 Å². The number of benzene rings is 2. The maximum Gasteiger partial charge on any atom is 0.240 e. The zero-order valence-electron chi connectivity index (χ0n) is 19.5. The lowest BCUT2D eigenvalue weighted by Crippen LogP contribution is -2.33. The van der Waals surface area contributed by atoms with E-state index in [0.29, 0.717) is 28.2 Å². The molecule has 1 amide bonds. The van der Waals surface area contributed by atoms with E-state index in [1.54, 1.807) is 35.7 Å². The van der Waals surface area contributed by atoms with Crippen LogP contribution in [0, 0.1) is 17.5 Å². The van der Waals surface area contributed by atoms with Gasteiger partial charge in [-0.2, -0.15) is 0 Å². The second kappa shape index (κ2) is 8.16. The summed E-state index contributed by atoms with van der Waals surface area (Å²) in [5.74, 6) is -1.76. The van der Waals surface area contributed by atoms with Crippen molar-refractivity contribution < 1.29 is 18.0 Å². The summed E-state index contributed by atoms with van der Waals surface area (Å²) in [6, 6.07) is 15.0. The predicted molar refractivity (Wildman–Crippen MR) is 131 cm³/mol. The first-order chi connectivity index (χ1) is 17.8. The zero-order chi connectivity index (χ0) is 25.9. The number of hydrogen-bond acceptors (Lipinski definition) is 5. The highest BCUT2D eigenvalue weighted by Crippen LogP contribution is 2.45. The van der Waals surface area contributed by atoms with E-state index >= 15 is 0 Å². The van der Waals surface area contributed by atoms with Crippen molar-refractivity contribution >= 4 is 23.1 Å². The highest BCUT2D eigenvalue weighted by Gasteiger charge is 2.47. The van der Waals surface area contributed by atoms with Gasteiger partial charge in [0.25, 0.3) is 0 Å². The van der Waals surface area contributed by atoms with Crippen molar-refractivity contribution in [3.8, 4) is 11.5 Å². The molecule has 1 aliphatic rings. The Morgan fingerprint density at radius 3 is 2.54 bits per heavy atom. The van der Waals surface area contributed by atoms with Crippen molar-refractivity contribution in [1.82, 2.24) is 19.4 Å². The summed E-state index contributed by atoms with van der Waals surface area (Å²) < 4.78 is 43.4. The summed E-state index contributed by atoms with van der Waals surface area (Å²) in [6.07, 6.45) is 1.77. The predicted octanol–water partition coefficient (Wildman–Crippen LogP) is 4.64. The average molecular weight is 500 g/mol. The van der Waals surface area contributed by atoms with E-state index in [0.717, 1.165) is 6.07 Å². The smallest absolute Gasteiger partial charge is 0.240 e. The normalized spacial score (nSPS) is 16.7. The number of aromatic nitrogens is 4. The highest BCUT2D eigenvalue weighted by atomic mass is 19.2. The number of carbonyl (C=O) groups is 1. The first kappa shape index (κ1) is 22.7. The van der Waals surface area contributed by atoms with Gasteiger partial charge in [0, 0.05) is 12.6 Å². The molecule has 7 nitrogen and oxygen atoms in total. The standard InChI is InChI=1S/C27H19F3N6O/c1-27(15-8-10-16(28)11-9-15)20-23(31)33-25(34-24(20)35-26(27)37)22-18-7-2-3-12-36(18)19(32-22)13-14-5-4-6-17(29)21(14)30/h2-12H,13H2,1H3,(H3,31,33,34,35,37). The van der Waals surface area contributed by atoms with Gasteiger partial charge >= 0.3 is 0 Å². The molecule has 184 valence electrons. The lowest BCUT2D eigenvalue weighted by molar-refractivity contribution is -0.119. The third-order valence-electron chi connectivity index (χ3n) is 6.76. The minimum atomic E-state index is -1.22. The molecule has 0 saturated carbocycles. The van der Waals surface area contributed by atoms with Gasteiger partial charge < -0.3 is 15.5 Å². The molecule has 2 aromatic carbocycles. The highest BCUT2D eigenvalue weighted by molar-refractivity contribution is 6.09. The summed E-state index contributed by atoms with van der Waals surface area (Å²) in [6.45, 7) is 1.68. The fourth-order valence-electron chi connectivity index (χ4n) is 4.82. The molecule has 3 N–H and O–H groups in total. The lowest BCUT2D eigenvalue weighted by Gasteiger charge is -2.23. The van der Waals surface area contributed by atoms with Gasteiger partial charge in [0.1, 0.15) is 34.4 Å². The Balaban J connectivity index is 1.48. The molecule has 5 aromatic rings. The van der Waals surface area contributed by atoms with Crippen LogP contribution in [0.5, 0.6) is 0 Å². The van der Waals surface area contributed by atoms with Gasteiger partial charge in [-0.25, -0.2) is 28.1 Å². The van der Waals surface area contributed by atoms with Crippen LogP contribution in [-0.2, 0) is 16.6 Å². The second-order valence-electron chi connectivity index (χ2n) is 8.96. The number of imidazole rings is 1. The second-order valence-corrected chi connectivity index (χ2v) is 8.96. The molecule has 4 heterocycles. The minimum Gasteiger partial charge on any atom is -0.383 e. The van der Waals surface area contributed by atoms with Crippen LogP contribution in [0.15, 0.2) is 66.9 Å². The number of pyridine rings is 1. The molecule has 0 radical (unpaired) electrons. The van der Waals surface area contributed by atoms with Gasteiger partial charge in [0.05, 0.1) is 11.1 Å². The lowest BCUT2D eigenvalue weighted by atomic mass is 9.78. The van der Waals surface area contributed by atoms with Crippen LogP contribution >= 0.6 is 0 Å². The Labute approximate surface area is 208 Å². The molecular weight excluding hydrogens is 481 g/mol. The topological polar surface area (TPSA) is 98.2 Å². The number of nitrogens with one attached hydrogen (secondary N) is 1. The van der Waals surface area contributed by atoms with Crippen molar-refractivity contribution in [2.24, 2.45) is 0 Å². The number of nitrogens with zero attached hydrogens (tertiary/aromatic N) is 4. The largest absolute Gasteiger partial charge is 0.383 e. The third-order valence-corrected chi connectivity index (χ3v) is 6.76. The molecule has 10 heteroatoms. The quantitative estimate of drug-likeness (QED) is 0.375. The summed E-state index contributed by atoms with van der Waals surface area (Å²) in [5, 5.41) is 2.77. The van der Waals surface area contributed by atoms with Gasteiger partial charge in [0.15, 0.2) is 17.5 Å². The molecule has 0 spiro atoms. The van der Waals surface area contributed by atoms with E-state index in [4.69, 9.17) is 5.73 Å². The fraction of sp³-hybridized carbons (Fsp3) is 0.111. The molecule has 6 rings (SSSR count). The zero-order valence-corrected chi connectivity index (χ0v) is 19.5. The number of rotatable bonds is 4. The number of carbonyl (C=O) groups excluding carboxylic acids is 1. The number of nitrogens with two attached hydrogens (primary N) is 1. The van der Waals surface area contributed by atoms with Crippen LogP contribution in [0.25, 0.3) is 17.0 Å². The van der Waals surface area contributed by atoms with Gasteiger partial charge in [-0.15, -0.1) is 0 Å². The van der Waals surface area contributed by atoms with E-state index < -0.39 is 22.9 Å². The molecule has 0 bridgehead atoms. The van der Waals surface area contributed by atoms with E-state index in [9.17, 15) is 18.0 Å². The first-order valence-electron chi connectivity index (χ1n) is 11.4.